The summed E-state index contributed by atoms with van der Waals surface area (Å²) in [5.41, 5.74) is 3.31. The zero-order chi connectivity index (χ0) is 21.9. The largest absolute Gasteiger partial charge is 0.454 e. The highest BCUT2D eigenvalue weighted by molar-refractivity contribution is 5.94. The van der Waals surface area contributed by atoms with Crippen molar-refractivity contribution >= 4 is 5.91 Å². The summed E-state index contributed by atoms with van der Waals surface area (Å²) in [6, 6.07) is 14.4. The molecule has 3 heterocycles. The molecule has 2 fully saturated rings. The first kappa shape index (κ1) is 21.3. The van der Waals surface area contributed by atoms with E-state index in [-0.39, 0.29) is 5.91 Å². The fraction of sp³-hybridized carbons (Fsp3) is 0.500. The Morgan fingerprint density at radius 3 is 2.38 bits per heavy atom. The number of hydrogen-bond donors (Lipinski definition) is 0. The third kappa shape index (κ3) is 4.92. The maximum atomic E-state index is 13.0. The first-order valence-corrected chi connectivity index (χ1v) is 11.9. The van der Waals surface area contributed by atoms with E-state index in [0.29, 0.717) is 6.79 Å². The van der Waals surface area contributed by atoms with Crippen molar-refractivity contribution in [1.29, 1.82) is 0 Å². The monoisotopic (exact) mass is 435 g/mol. The van der Waals surface area contributed by atoms with Gasteiger partial charge in [-0.2, -0.15) is 0 Å². The van der Waals surface area contributed by atoms with Crippen LogP contribution in [0.25, 0.3) is 0 Å². The molecule has 0 N–H and O–H groups in total. The van der Waals surface area contributed by atoms with Crippen LogP contribution in [0.2, 0.25) is 0 Å². The lowest BCUT2D eigenvalue weighted by atomic mass is 9.99. The van der Waals surface area contributed by atoms with E-state index in [0.717, 1.165) is 62.2 Å². The van der Waals surface area contributed by atoms with E-state index in [2.05, 4.69) is 41.0 Å². The number of likely N-dealkylation sites (tertiary alicyclic amines) is 1. The van der Waals surface area contributed by atoms with Gasteiger partial charge in [-0.3, -0.25) is 14.6 Å². The van der Waals surface area contributed by atoms with Crippen LogP contribution in [0.5, 0.6) is 11.5 Å². The summed E-state index contributed by atoms with van der Waals surface area (Å²) in [6.45, 7) is 10.1. The Labute approximate surface area is 190 Å². The highest BCUT2D eigenvalue weighted by Crippen LogP contribution is 2.32. The summed E-state index contributed by atoms with van der Waals surface area (Å²) in [6.07, 6.45) is 2.63. The van der Waals surface area contributed by atoms with Gasteiger partial charge in [-0.1, -0.05) is 25.1 Å². The number of rotatable bonds is 5. The Hall–Kier alpha value is -2.57. The summed E-state index contributed by atoms with van der Waals surface area (Å²) in [7, 11) is 0. The van der Waals surface area contributed by atoms with Crippen molar-refractivity contribution in [2.24, 2.45) is 5.92 Å². The average molecular weight is 436 g/mol. The van der Waals surface area contributed by atoms with Crippen LogP contribution in [0.4, 0.5) is 0 Å². The molecule has 1 atom stereocenters. The molecule has 3 aliphatic heterocycles. The molecular formula is C26H33N3O3. The first-order valence-electron chi connectivity index (χ1n) is 11.9. The highest BCUT2D eigenvalue weighted by atomic mass is 16.7. The molecule has 5 rings (SSSR count). The van der Waals surface area contributed by atoms with Gasteiger partial charge in [-0.15, -0.1) is 0 Å². The van der Waals surface area contributed by atoms with Crippen LogP contribution in [0.15, 0.2) is 42.5 Å². The number of carbonyl (C=O) groups excluding carboxylic acids is 1. The van der Waals surface area contributed by atoms with Crippen molar-refractivity contribution in [1.82, 2.24) is 14.7 Å². The fourth-order valence-electron chi connectivity index (χ4n) is 5.03. The molecule has 2 aromatic rings. The number of amides is 1. The van der Waals surface area contributed by atoms with Gasteiger partial charge in [0.15, 0.2) is 11.5 Å². The molecule has 6 heteroatoms. The Kier molecular flexibility index (Phi) is 6.32. The minimum absolute atomic E-state index is 0.144. The molecule has 0 radical (unpaired) electrons. The summed E-state index contributed by atoms with van der Waals surface area (Å²) in [4.78, 5) is 19.9. The van der Waals surface area contributed by atoms with Crippen molar-refractivity contribution in [2.45, 2.75) is 32.9 Å². The molecule has 2 saturated heterocycles. The standard InChI is InChI=1S/C26H33N3O3/c1-20-3-2-10-28(16-20)17-21-4-7-23(8-5-21)26(30)29-13-11-27(12-14-29)18-22-6-9-24-25(15-22)32-19-31-24/h4-9,15,20H,2-3,10-14,16-19H2,1H3/t20-/m0/s1. The van der Waals surface area contributed by atoms with Crippen molar-refractivity contribution in [3.8, 4) is 11.5 Å². The Balaban J connectivity index is 1.11. The maximum absolute atomic E-state index is 13.0. The smallest absolute Gasteiger partial charge is 0.253 e. The van der Waals surface area contributed by atoms with Crippen LogP contribution in [0.3, 0.4) is 0 Å². The second-order valence-corrected chi connectivity index (χ2v) is 9.44. The van der Waals surface area contributed by atoms with Gasteiger partial charge in [0, 0.05) is 51.4 Å². The van der Waals surface area contributed by atoms with Crippen molar-refractivity contribution in [2.75, 3.05) is 46.1 Å². The topological polar surface area (TPSA) is 45.3 Å². The summed E-state index contributed by atoms with van der Waals surface area (Å²) >= 11 is 0. The van der Waals surface area contributed by atoms with Gasteiger partial charge in [0.1, 0.15) is 0 Å². The first-order chi connectivity index (χ1) is 15.6. The second kappa shape index (κ2) is 9.51. The number of carbonyl (C=O) groups is 1. The van der Waals surface area contributed by atoms with Crippen molar-refractivity contribution < 1.29 is 14.3 Å². The van der Waals surface area contributed by atoms with Crippen LogP contribution in [-0.2, 0) is 13.1 Å². The van der Waals surface area contributed by atoms with Gasteiger partial charge >= 0.3 is 0 Å². The zero-order valence-corrected chi connectivity index (χ0v) is 19.0. The molecule has 32 heavy (non-hydrogen) atoms. The molecule has 0 saturated carbocycles. The third-order valence-corrected chi connectivity index (χ3v) is 6.85. The van der Waals surface area contributed by atoms with E-state index >= 15 is 0 Å². The molecule has 0 unspecified atom stereocenters. The molecular weight excluding hydrogens is 402 g/mol. The van der Waals surface area contributed by atoms with Gasteiger partial charge in [0.05, 0.1) is 0 Å². The lowest BCUT2D eigenvalue weighted by Crippen LogP contribution is -2.48. The van der Waals surface area contributed by atoms with Crippen molar-refractivity contribution in [3.63, 3.8) is 0 Å². The number of piperidine rings is 1. The van der Waals surface area contributed by atoms with E-state index in [9.17, 15) is 4.79 Å². The Bertz CT molecular complexity index is 938. The van der Waals surface area contributed by atoms with E-state index < -0.39 is 0 Å². The Morgan fingerprint density at radius 1 is 0.875 bits per heavy atom. The fourth-order valence-corrected chi connectivity index (χ4v) is 5.03. The van der Waals surface area contributed by atoms with Gasteiger partial charge in [0.2, 0.25) is 6.79 Å². The third-order valence-electron chi connectivity index (χ3n) is 6.85. The normalized spacial score (nSPS) is 21.7. The highest BCUT2D eigenvalue weighted by Gasteiger charge is 2.23. The molecule has 3 aliphatic rings. The molecule has 6 nitrogen and oxygen atoms in total. The predicted octanol–water partition coefficient (Wildman–Crippen LogP) is 3.61. The van der Waals surface area contributed by atoms with Crippen LogP contribution >= 0.6 is 0 Å². The molecule has 0 spiro atoms. The molecule has 2 aromatic carbocycles. The lowest BCUT2D eigenvalue weighted by molar-refractivity contribution is 0.0628. The predicted molar refractivity (Wildman–Crippen MR) is 124 cm³/mol. The quantitative estimate of drug-likeness (QED) is 0.718. The number of piperazine rings is 1. The van der Waals surface area contributed by atoms with E-state index in [4.69, 9.17) is 9.47 Å². The zero-order valence-electron chi connectivity index (χ0n) is 19.0. The molecule has 1 amide bonds. The van der Waals surface area contributed by atoms with E-state index in [1.54, 1.807) is 0 Å². The molecule has 0 aliphatic carbocycles. The number of hydrogen-bond acceptors (Lipinski definition) is 5. The SMILES string of the molecule is C[C@H]1CCCN(Cc2ccc(C(=O)N3CCN(Cc4ccc5c(c4)OCO5)CC3)cc2)C1. The molecule has 170 valence electrons. The number of nitrogens with zero attached hydrogens (tertiary/aromatic N) is 3. The minimum atomic E-state index is 0.144. The van der Waals surface area contributed by atoms with Gasteiger partial charge in [0.25, 0.3) is 5.91 Å². The minimum Gasteiger partial charge on any atom is -0.454 e. The lowest BCUT2D eigenvalue weighted by Gasteiger charge is -2.35. The summed E-state index contributed by atoms with van der Waals surface area (Å²) < 4.78 is 10.9. The van der Waals surface area contributed by atoms with E-state index in [1.807, 2.05) is 23.1 Å². The van der Waals surface area contributed by atoms with E-state index in [1.165, 1.54) is 37.1 Å². The molecule has 0 bridgehead atoms. The number of fused-ring (bicyclic) bond motifs is 1. The van der Waals surface area contributed by atoms with Gasteiger partial charge in [-0.05, 0) is 60.7 Å². The van der Waals surface area contributed by atoms with Crippen molar-refractivity contribution in [3.05, 3.63) is 59.2 Å². The van der Waals surface area contributed by atoms with Gasteiger partial charge in [-0.25, -0.2) is 0 Å². The van der Waals surface area contributed by atoms with Crippen LogP contribution in [-0.4, -0.2) is 66.7 Å². The summed E-state index contributed by atoms with van der Waals surface area (Å²) in [5.74, 6) is 2.58. The summed E-state index contributed by atoms with van der Waals surface area (Å²) in [5, 5.41) is 0. The molecule has 0 aromatic heterocycles. The Morgan fingerprint density at radius 2 is 1.59 bits per heavy atom. The number of ether oxygens (including phenoxy) is 2. The van der Waals surface area contributed by atoms with Crippen LogP contribution in [0, 0.1) is 5.92 Å². The number of benzene rings is 2. The van der Waals surface area contributed by atoms with Crippen LogP contribution in [0.1, 0.15) is 41.3 Å². The average Bonchev–Trinajstić information content (AvgIpc) is 3.28. The second-order valence-electron chi connectivity index (χ2n) is 9.44. The maximum Gasteiger partial charge on any atom is 0.253 e. The van der Waals surface area contributed by atoms with Gasteiger partial charge < -0.3 is 14.4 Å². The van der Waals surface area contributed by atoms with Crippen LogP contribution < -0.4 is 9.47 Å².